The molecular formula is C39H63N11O6. The SMILES string of the molecule is NCCC[C@H](N)CNC(=O)C[C@@H](N)CCCNC(=O)[C@H](CCCN)NC(=O)[C@@H]1Cc2cccc(c2)-c2ccc(O)c(c2)C[C@H](N)C(=O)N[C@@H](CCCN)C(=O)N1. The maximum absolute atomic E-state index is 14.0. The van der Waals surface area contributed by atoms with E-state index in [2.05, 4.69) is 26.6 Å². The zero-order valence-electron chi connectivity index (χ0n) is 32.3. The summed E-state index contributed by atoms with van der Waals surface area (Å²) in [5.74, 6) is -2.47. The zero-order chi connectivity index (χ0) is 41.0. The van der Waals surface area contributed by atoms with Gasteiger partial charge in [0, 0.05) is 44.4 Å². The second-order valence-electron chi connectivity index (χ2n) is 14.5. The highest BCUT2D eigenvalue weighted by Crippen LogP contribution is 2.28. The van der Waals surface area contributed by atoms with Crippen LogP contribution in [0, 0.1) is 0 Å². The summed E-state index contributed by atoms with van der Waals surface area (Å²) in [6, 6.07) is 7.58. The molecule has 2 aromatic rings. The van der Waals surface area contributed by atoms with Crippen molar-refractivity contribution in [2.75, 3.05) is 32.7 Å². The molecule has 0 fully saturated rings. The van der Waals surface area contributed by atoms with Crippen LogP contribution in [0.5, 0.6) is 5.75 Å². The van der Waals surface area contributed by atoms with E-state index in [1.807, 2.05) is 24.3 Å². The monoisotopic (exact) mass is 781 g/mol. The molecule has 0 saturated carbocycles. The van der Waals surface area contributed by atoms with Gasteiger partial charge in [0.1, 0.15) is 23.9 Å². The molecule has 18 N–H and O–H groups in total. The van der Waals surface area contributed by atoms with E-state index in [-0.39, 0.29) is 69.4 Å². The van der Waals surface area contributed by atoms with Crippen LogP contribution in [-0.2, 0) is 36.8 Å². The Hall–Kier alpha value is -4.65. The van der Waals surface area contributed by atoms with Gasteiger partial charge in [-0.1, -0.05) is 30.3 Å². The van der Waals surface area contributed by atoms with E-state index < -0.39 is 53.8 Å². The van der Waals surface area contributed by atoms with Crippen LogP contribution < -0.4 is 61.0 Å². The van der Waals surface area contributed by atoms with Gasteiger partial charge in [0.25, 0.3) is 0 Å². The molecule has 5 amide bonds. The van der Waals surface area contributed by atoms with Crippen molar-refractivity contribution in [1.82, 2.24) is 26.6 Å². The Morgan fingerprint density at radius 3 is 2.23 bits per heavy atom. The molecule has 0 saturated heterocycles. The lowest BCUT2D eigenvalue weighted by molar-refractivity contribution is -0.134. The van der Waals surface area contributed by atoms with Crippen molar-refractivity contribution >= 4 is 29.5 Å². The number of hydrogen-bond donors (Lipinski definition) is 12. The van der Waals surface area contributed by atoms with E-state index in [1.54, 1.807) is 12.1 Å². The fraction of sp³-hybridized carbons (Fsp3) is 0.564. The Morgan fingerprint density at radius 2 is 1.50 bits per heavy atom. The maximum atomic E-state index is 14.0. The summed E-state index contributed by atoms with van der Waals surface area (Å²) in [6.07, 6.45) is 3.92. The minimum atomic E-state index is -1.14. The Bertz CT molecular complexity index is 1590. The van der Waals surface area contributed by atoms with Crippen LogP contribution in [0.1, 0.15) is 68.9 Å². The van der Waals surface area contributed by atoms with Gasteiger partial charge in [0.05, 0.1) is 6.04 Å². The summed E-state index contributed by atoms with van der Waals surface area (Å²) in [5.41, 5.74) is 38.2. The third-order valence-electron chi connectivity index (χ3n) is 9.69. The summed E-state index contributed by atoms with van der Waals surface area (Å²) in [7, 11) is 0. The first-order valence-electron chi connectivity index (χ1n) is 19.6. The average Bonchev–Trinajstić information content (AvgIpc) is 3.18. The number of nitrogens with one attached hydrogen (secondary N) is 5. The van der Waals surface area contributed by atoms with Crippen LogP contribution in [0.2, 0.25) is 0 Å². The van der Waals surface area contributed by atoms with Crippen LogP contribution in [0.3, 0.4) is 0 Å². The van der Waals surface area contributed by atoms with E-state index in [9.17, 15) is 29.1 Å². The lowest BCUT2D eigenvalue weighted by Crippen LogP contribution is -2.58. The molecule has 0 unspecified atom stereocenters. The van der Waals surface area contributed by atoms with Crippen LogP contribution in [0.4, 0.5) is 0 Å². The van der Waals surface area contributed by atoms with Crippen LogP contribution in [0.15, 0.2) is 42.5 Å². The smallest absolute Gasteiger partial charge is 0.243 e. The van der Waals surface area contributed by atoms with Gasteiger partial charge in [-0.3, -0.25) is 24.0 Å². The standard InChI is InChI=1S/C39H63N11O6/c40-14-2-8-29(44)23-47-35(52)22-28(43)9-5-17-46-37(54)31(10-3-15-41)49-39(56)33-19-24-6-1-7-25(18-24)26-12-13-34(51)27(20-26)21-30(45)36(53)48-32(11-4-16-42)38(55)50-33/h1,6-7,12-13,18,20,28-33,51H,2-5,8-11,14-17,19,21-23,40-45H2,(H,46,54)(H,47,52)(H,48,53)(H,49,56)(H,50,55)/t28-,29-,30-,31-,32-,33-/m0/s1. The minimum Gasteiger partial charge on any atom is -0.508 e. The fourth-order valence-electron chi connectivity index (χ4n) is 6.42. The number of hydrogen-bond acceptors (Lipinski definition) is 12. The van der Waals surface area contributed by atoms with E-state index in [1.165, 1.54) is 6.07 Å². The highest BCUT2D eigenvalue weighted by molar-refractivity contribution is 5.95. The van der Waals surface area contributed by atoms with Gasteiger partial charge >= 0.3 is 0 Å². The van der Waals surface area contributed by atoms with Crippen LogP contribution >= 0.6 is 0 Å². The highest BCUT2D eigenvalue weighted by Gasteiger charge is 2.31. The maximum Gasteiger partial charge on any atom is 0.243 e. The number of nitrogens with two attached hydrogens (primary N) is 6. The number of fused-ring (bicyclic) bond motifs is 5. The predicted octanol–water partition coefficient (Wildman–Crippen LogP) is -1.79. The molecule has 310 valence electrons. The topological polar surface area (TPSA) is 322 Å². The Labute approximate surface area is 329 Å². The van der Waals surface area contributed by atoms with Crippen molar-refractivity contribution in [3.05, 3.63) is 53.6 Å². The number of benzene rings is 2. The molecule has 2 aromatic carbocycles. The Balaban J connectivity index is 1.74. The quantitative estimate of drug-likeness (QED) is 0.0664. The van der Waals surface area contributed by atoms with Gasteiger partial charge in [-0.2, -0.15) is 0 Å². The molecular weight excluding hydrogens is 718 g/mol. The van der Waals surface area contributed by atoms with Crippen molar-refractivity contribution in [3.8, 4) is 16.9 Å². The lowest BCUT2D eigenvalue weighted by Gasteiger charge is -2.26. The second-order valence-corrected chi connectivity index (χ2v) is 14.5. The number of phenols is 1. The first kappa shape index (κ1) is 45.7. The number of amides is 5. The van der Waals surface area contributed by atoms with Crippen molar-refractivity contribution in [3.63, 3.8) is 0 Å². The number of rotatable bonds is 20. The van der Waals surface area contributed by atoms with Crippen molar-refractivity contribution in [2.45, 2.75) is 107 Å². The summed E-state index contributed by atoms with van der Waals surface area (Å²) >= 11 is 0. The highest BCUT2D eigenvalue weighted by atomic mass is 16.3. The van der Waals surface area contributed by atoms with Crippen molar-refractivity contribution < 1.29 is 29.1 Å². The Morgan fingerprint density at radius 1 is 0.804 bits per heavy atom. The minimum absolute atomic E-state index is 0.0146. The Kier molecular flexibility index (Phi) is 19.7. The second kappa shape index (κ2) is 24.1. The van der Waals surface area contributed by atoms with Gasteiger partial charge < -0.3 is 66.1 Å². The molecule has 17 nitrogen and oxygen atoms in total. The zero-order valence-corrected chi connectivity index (χ0v) is 32.3. The third kappa shape index (κ3) is 15.5. The average molecular weight is 782 g/mol. The first-order chi connectivity index (χ1) is 26.8. The molecule has 0 radical (unpaired) electrons. The molecule has 0 aliphatic carbocycles. The van der Waals surface area contributed by atoms with Gasteiger partial charge in [0.2, 0.25) is 29.5 Å². The number of carbonyl (C=O) groups excluding carboxylic acids is 5. The molecule has 0 spiro atoms. The summed E-state index contributed by atoms with van der Waals surface area (Å²) in [5, 5.41) is 24.5. The molecule has 0 aromatic heterocycles. The fourth-order valence-corrected chi connectivity index (χ4v) is 6.42. The summed E-state index contributed by atoms with van der Waals surface area (Å²) in [6.45, 7) is 1.67. The largest absolute Gasteiger partial charge is 0.508 e. The lowest BCUT2D eigenvalue weighted by atomic mass is 9.96. The van der Waals surface area contributed by atoms with Crippen LogP contribution in [0.25, 0.3) is 11.1 Å². The molecule has 1 aliphatic rings. The molecule has 6 atom stereocenters. The molecule has 3 rings (SSSR count). The predicted molar refractivity (Wildman–Crippen MR) is 215 cm³/mol. The van der Waals surface area contributed by atoms with Gasteiger partial charge in [-0.15, -0.1) is 0 Å². The van der Waals surface area contributed by atoms with Crippen molar-refractivity contribution in [2.24, 2.45) is 34.4 Å². The molecule has 4 bridgehead atoms. The summed E-state index contributed by atoms with van der Waals surface area (Å²) in [4.78, 5) is 66.8. The van der Waals surface area contributed by atoms with Crippen LogP contribution in [-0.4, -0.2) is 104 Å². The van der Waals surface area contributed by atoms with E-state index in [4.69, 9.17) is 34.4 Å². The van der Waals surface area contributed by atoms with Crippen molar-refractivity contribution in [1.29, 1.82) is 0 Å². The van der Waals surface area contributed by atoms with Gasteiger partial charge in [-0.25, -0.2) is 0 Å². The van der Waals surface area contributed by atoms with E-state index >= 15 is 0 Å². The van der Waals surface area contributed by atoms with Gasteiger partial charge in [0.15, 0.2) is 0 Å². The number of phenolic OH excluding ortho intramolecular Hbond substituents is 1. The van der Waals surface area contributed by atoms with E-state index in [0.717, 1.165) is 17.5 Å². The molecule has 17 heteroatoms. The molecule has 1 heterocycles. The normalized spacial score (nSPS) is 18.9. The van der Waals surface area contributed by atoms with Gasteiger partial charge in [-0.05, 0) is 105 Å². The molecule has 1 aliphatic heterocycles. The number of aromatic hydroxyl groups is 1. The summed E-state index contributed by atoms with van der Waals surface area (Å²) < 4.78 is 0. The van der Waals surface area contributed by atoms with E-state index in [0.29, 0.717) is 56.3 Å². The third-order valence-corrected chi connectivity index (χ3v) is 9.69. The number of carbonyl (C=O) groups is 5. The first-order valence-corrected chi connectivity index (χ1v) is 19.6. The molecule has 56 heavy (non-hydrogen) atoms.